The average molecular weight is 343 g/mol. The second-order valence-electron chi connectivity index (χ2n) is 5.15. The molecule has 2 atom stereocenters. The van der Waals surface area contributed by atoms with Gasteiger partial charge in [0.05, 0.1) is 11.6 Å². The summed E-state index contributed by atoms with van der Waals surface area (Å²) in [5, 5.41) is 2.92. The quantitative estimate of drug-likeness (QED) is 0.796. The topological polar surface area (TPSA) is 64.3 Å². The summed E-state index contributed by atoms with van der Waals surface area (Å²) in [5.74, 6) is 0.759. The maximum Gasteiger partial charge on any atom is 0.227 e. The van der Waals surface area contributed by atoms with Gasteiger partial charge in [-0.2, -0.15) is 0 Å². The van der Waals surface area contributed by atoms with E-state index < -0.39 is 0 Å². The van der Waals surface area contributed by atoms with Gasteiger partial charge in [-0.05, 0) is 53.9 Å². The van der Waals surface area contributed by atoms with E-state index in [9.17, 15) is 4.79 Å². The van der Waals surface area contributed by atoms with Gasteiger partial charge in [0.15, 0.2) is 0 Å². The predicted octanol–water partition coefficient (Wildman–Crippen LogP) is 3.55. The highest BCUT2D eigenvalue weighted by atomic mass is 79.9. The highest BCUT2D eigenvalue weighted by molar-refractivity contribution is 9.10. The second-order valence-corrected chi connectivity index (χ2v) is 6.00. The van der Waals surface area contributed by atoms with Gasteiger partial charge in [0, 0.05) is 17.6 Å². The van der Waals surface area contributed by atoms with Crippen molar-refractivity contribution in [3.8, 4) is 5.75 Å². The zero-order valence-electron chi connectivity index (χ0n) is 12.3. The Bertz CT molecular complexity index is 449. The molecule has 2 unspecified atom stereocenters. The summed E-state index contributed by atoms with van der Waals surface area (Å²) in [4.78, 5) is 12.1. The lowest BCUT2D eigenvalue weighted by Gasteiger charge is -2.13. The van der Waals surface area contributed by atoms with Gasteiger partial charge in [0.2, 0.25) is 5.91 Å². The van der Waals surface area contributed by atoms with Gasteiger partial charge in [0.1, 0.15) is 5.75 Å². The molecule has 0 aliphatic heterocycles. The first-order valence-corrected chi connectivity index (χ1v) is 7.63. The molecular formula is C15H23BrN2O2. The molecule has 1 amide bonds. The molecule has 1 rings (SSSR count). The fraction of sp³-hybridized carbons (Fsp3) is 0.533. The van der Waals surface area contributed by atoms with Gasteiger partial charge in [0.25, 0.3) is 0 Å². The number of rotatable bonds is 7. The van der Waals surface area contributed by atoms with Crippen molar-refractivity contribution in [2.24, 2.45) is 11.7 Å². The minimum Gasteiger partial charge on any atom is -0.496 e. The Hall–Kier alpha value is -1.07. The van der Waals surface area contributed by atoms with Gasteiger partial charge < -0.3 is 15.8 Å². The van der Waals surface area contributed by atoms with E-state index in [-0.39, 0.29) is 17.9 Å². The zero-order valence-corrected chi connectivity index (χ0v) is 13.9. The minimum absolute atomic E-state index is 0.0189. The fourth-order valence-electron chi connectivity index (χ4n) is 1.89. The van der Waals surface area contributed by atoms with E-state index >= 15 is 0 Å². The summed E-state index contributed by atoms with van der Waals surface area (Å²) in [7, 11) is 1.61. The molecule has 1 aromatic carbocycles. The molecule has 0 aliphatic rings. The number of hydrogen-bond acceptors (Lipinski definition) is 3. The van der Waals surface area contributed by atoms with Gasteiger partial charge in [-0.3, -0.25) is 4.79 Å². The van der Waals surface area contributed by atoms with Crippen molar-refractivity contribution in [1.29, 1.82) is 0 Å². The summed E-state index contributed by atoms with van der Waals surface area (Å²) < 4.78 is 5.98. The summed E-state index contributed by atoms with van der Waals surface area (Å²) in [6.07, 6.45) is 2.77. The second kappa shape index (κ2) is 8.27. The van der Waals surface area contributed by atoms with Crippen molar-refractivity contribution in [1.82, 2.24) is 0 Å². The third kappa shape index (κ3) is 5.51. The molecule has 0 saturated heterocycles. The van der Waals surface area contributed by atoms with Crippen molar-refractivity contribution in [3.63, 3.8) is 0 Å². The van der Waals surface area contributed by atoms with E-state index in [1.54, 1.807) is 7.11 Å². The number of amides is 1. The zero-order chi connectivity index (χ0) is 15.1. The van der Waals surface area contributed by atoms with Crippen LogP contribution in [0.5, 0.6) is 5.75 Å². The summed E-state index contributed by atoms with van der Waals surface area (Å²) in [6.45, 7) is 3.93. The van der Waals surface area contributed by atoms with Crippen molar-refractivity contribution < 1.29 is 9.53 Å². The van der Waals surface area contributed by atoms with Crippen LogP contribution in [0.25, 0.3) is 0 Å². The molecule has 0 heterocycles. The minimum atomic E-state index is -0.0189. The third-order valence-corrected chi connectivity index (χ3v) is 3.78. The molecule has 1 aromatic rings. The smallest absolute Gasteiger partial charge is 0.227 e. The van der Waals surface area contributed by atoms with Crippen LogP contribution in [-0.2, 0) is 4.79 Å². The Morgan fingerprint density at radius 1 is 1.40 bits per heavy atom. The van der Waals surface area contributed by atoms with Crippen molar-refractivity contribution in [2.75, 3.05) is 12.4 Å². The molecule has 5 heteroatoms. The van der Waals surface area contributed by atoms with Crippen LogP contribution in [0.15, 0.2) is 22.7 Å². The van der Waals surface area contributed by atoms with Crippen LogP contribution in [0.2, 0.25) is 0 Å². The molecule has 0 fully saturated rings. The molecule has 0 spiro atoms. The summed E-state index contributed by atoms with van der Waals surface area (Å²) in [6, 6.07) is 5.69. The fourth-order valence-corrected chi connectivity index (χ4v) is 2.43. The standard InChI is InChI=1S/C15H23BrN2O2/c1-10(5-4-6-11(2)17)15(19)18-12-7-8-14(20-3)13(16)9-12/h7-11H,4-6,17H2,1-3H3,(H,18,19). The Kier molecular flexibility index (Phi) is 7.02. The largest absolute Gasteiger partial charge is 0.496 e. The Labute approximate surface area is 129 Å². The first kappa shape index (κ1) is 17.0. The van der Waals surface area contributed by atoms with E-state index in [0.717, 1.165) is 35.2 Å². The molecule has 0 bridgehead atoms. The lowest BCUT2D eigenvalue weighted by Crippen LogP contribution is -2.21. The van der Waals surface area contributed by atoms with Gasteiger partial charge in [-0.25, -0.2) is 0 Å². The first-order valence-electron chi connectivity index (χ1n) is 6.84. The van der Waals surface area contributed by atoms with Crippen LogP contribution < -0.4 is 15.8 Å². The number of benzene rings is 1. The number of carbonyl (C=O) groups is 1. The van der Waals surface area contributed by atoms with Gasteiger partial charge >= 0.3 is 0 Å². The SMILES string of the molecule is COc1ccc(NC(=O)C(C)CCCC(C)N)cc1Br. The maximum absolute atomic E-state index is 12.1. The Morgan fingerprint density at radius 2 is 2.10 bits per heavy atom. The van der Waals surface area contributed by atoms with Crippen molar-refractivity contribution >= 4 is 27.5 Å². The van der Waals surface area contributed by atoms with Crippen LogP contribution in [0.1, 0.15) is 33.1 Å². The Morgan fingerprint density at radius 3 is 2.65 bits per heavy atom. The molecule has 0 aliphatic carbocycles. The van der Waals surface area contributed by atoms with Crippen LogP contribution >= 0.6 is 15.9 Å². The van der Waals surface area contributed by atoms with E-state index in [2.05, 4.69) is 21.2 Å². The third-order valence-electron chi connectivity index (χ3n) is 3.16. The number of nitrogens with two attached hydrogens (primary N) is 1. The number of anilines is 1. The van der Waals surface area contributed by atoms with E-state index in [4.69, 9.17) is 10.5 Å². The van der Waals surface area contributed by atoms with Crippen molar-refractivity contribution in [2.45, 2.75) is 39.2 Å². The first-order chi connectivity index (χ1) is 9.43. The molecule has 0 saturated carbocycles. The molecule has 4 nitrogen and oxygen atoms in total. The summed E-state index contributed by atoms with van der Waals surface area (Å²) >= 11 is 3.40. The average Bonchev–Trinajstić information content (AvgIpc) is 2.38. The highest BCUT2D eigenvalue weighted by Crippen LogP contribution is 2.28. The van der Waals surface area contributed by atoms with Crippen molar-refractivity contribution in [3.05, 3.63) is 22.7 Å². The van der Waals surface area contributed by atoms with Crippen LogP contribution in [0, 0.1) is 5.92 Å². The molecule has 112 valence electrons. The maximum atomic E-state index is 12.1. The van der Waals surface area contributed by atoms with Crippen LogP contribution in [0.3, 0.4) is 0 Å². The Balaban J connectivity index is 2.50. The number of ether oxygens (including phenoxy) is 1. The van der Waals surface area contributed by atoms with Gasteiger partial charge in [-0.1, -0.05) is 13.3 Å². The predicted molar refractivity (Wildman–Crippen MR) is 86.0 cm³/mol. The van der Waals surface area contributed by atoms with Crippen LogP contribution in [-0.4, -0.2) is 19.1 Å². The number of nitrogens with one attached hydrogen (secondary N) is 1. The lowest BCUT2D eigenvalue weighted by atomic mass is 10.0. The number of halogens is 1. The monoisotopic (exact) mass is 342 g/mol. The number of methoxy groups -OCH3 is 1. The molecule has 0 aromatic heterocycles. The normalized spacial score (nSPS) is 13.7. The van der Waals surface area contributed by atoms with E-state index in [0.29, 0.717) is 0 Å². The summed E-state index contributed by atoms with van der Waals surface area (Å²) in [5.41, 5.74) is 6.47. The molecular weight excluding hydrogens is 320 g/mol. The highest BCUT2D eigenvalue weighted by Gasteiger charge is 2.13. The number of hydrogen-bond donors (Lipinski definition) is 2. The van der Waals surface area contributed by atoms with E-state index in [1.165, 1.54) is 0 Å². The van der Waals surface area contributed by atoms with Crippen LogP contribution in [0.4, 0.5) is 5.69 Å². The lowest BCUT2D eigenvalue weighted by molar-refractivity contribution is -0.119. The number of carbonyl (C=O) groups excluding carboxylic acids is 1. The molecule has 0 radical (unpaired) electrons. The van der Waals surface area contributed by atoms with Gasteiger partial charge in [-0.15, -0.1) is 0 Å². The molecule has 3 N–H and O–H groups in total. The van der Waals surface area contributed by atoms with E-state index in [1.807, 2.05) is 32.0 Å². The molecule has 20 heavy (non-hydrogen) atoms.